The molecule has 0 spiro atoms. The molecule has 0 atom stereocenters. The van der Waals surface area contributed by atoms with Gasteiger partial charge in [0.05, 0.1) is 0 Å². The largest absolute Gasteiger partial charge is 0.0763 e. The maximum atomic E-state index is 2.61. The zero-order valence-corrected chi connectivity index (χ0v) is 33.1. The molecule has 0 N–H and O–H groups in total. The maximum absolute atomic E-state index is 2.61. The molecule has 0 amide bonds. The summed E-state index contributed by atoms with van der Waals surface area (Å²) >= 11 is 0. The minimum atomic E-state index is 1.07. The second-order valence-electron chi connectivity index (χ2n) is 17.2. The van der Waals surface area contributed by atoms with Gasteiger partial charge in [0.1, 0.15) is 0 Å². The van der Waals surface area contributed by atoms with Crippen molar-refractivity contribution in [2.45, 2.75) is 25.7 Å². The lowest BCUT2D eigenvalue weighted by atomic mass is 9.79. The van der Waals surface area contributed by atoms with Gasteiger partial charge in [0.15, 0.2) is 0 Å². The highest BCUT2D eigenvalue weighted by atomic mass is 14.3. The van der Waals surface area contributed by atoms with E-state index in [1.807, 2.05) is 0 Å². The Morgan fingerprint density at radius 1 is 0.300 bits per heavy atom. The molecule has 3 aliphatic carbocycles. The van der Waals surface area contributed by atoms with E-state index in [2.05, 4.69) is 182 Å². The second-order valence-corrected chi connectivity index (χ2v) is 17.2. The van der Waals surface area contributed by atoms with Crippen LogP contribution in [-0.4, -0.2) is 0 Å². The third-order valence-electron chi connectivity index (χ3n) is 14.3. The van der Waals surface area contributed by atoms with Crippen LogP contribution in [0.5, 0.6) is 0 Å². The molecule has 0 nitrogen and oxygen atoms in total. The predicted octanol–water partition coefficient (Wildman–Crippen LogP) is 14.5. The van der Waals surface area contributed by atoms with Gasteiger partial charge >= 0.3 is 0 Å². The first-order chi connectivity index (χ1) is 29.8. The first-order valence-electron chi connectivity index (χ1n) is 21.6. The molecule has 0 aromatic heterocycles. The summed E-state index contributed by atoms with van der Waals surface area (Å²) < 4.78 is 0. The van der Waals surface area contributed by atoms with Crippen LogP contribution in [0.2, 0.25) is 0 Å². The van der Waals surface area contributed by atoms with Gasteiger partial charge in [-0.1, -0.05) is 164 Å². The molecule has 0 fully saturated rings. The van der Waals surface area contributed by atoms with E-state index >= 15 is 0 Å². The number of hydrogen-bond donors (Lipinski definition) is 0. The van der Waals surface area contributed by atoms with Crippen molar-refractivity contribution in [1.29, 1.82) is 0 Å². The lowest BCUT2D eigenvalue weighted by molar-refractivity contribution is 0.949. The zero-order chi connectivity index (χ0) is 39.1. The van der Waals surface area contributed by atoms with Crippen LogP contribution in [0.1, 0.15) is 29.5 Å². The third kappa shape index (κ3) is 4.30. The molecule has 0 unspecified atom stereocenters. The number of benzene rings is 11. The van der Waals surface area contributed by atoms with Crippen LogP contribution in [0.25, 0.3) is 121 Å². The Morgan fingerprint density at radius 3 is 1.60 bits per heavy atom. The Hall–Kier alpha value is -7.28. The van der Waals surface area contributed by atoms with E-state index in [-0.39, 0.29) is 0 Å². The van der Waals surface area contributed by atoms with Gasteiger partial charge in [0.25, 0.3) is 0 Å². The molecule has 0 radical (unpaired) electrons. The van der Waals surface area contributed by atoms with Gasteiger partial charge in [-0.15, -0.1) is 0 Å². The predicted molar refractivity (Wildman–Crippen MR) is 256 cm³/mol. The van der Waals surface area contributed by atoms with E-state index < -0.39 is 0 Å². The average molecular weight is 759 g/mol. The highest BCUT2D eigenvalue weighted by Gasteiger charge is 2.31. The molecular weight excluding hydrogens is 721 g/mol. The van der Waals surface area contributed by atoms with Crippen molar-refractivity contribution in [3.05, 3.63) is 203 Å². The van der Waals surface area contributed by atoms with E-state index in [1.54, 1.807) is 11.1 Å². The summed E-state index contributed by atoms with van der Waals surface area (Å²) in [6.07, 6.45) is 6.87. The van der Waals surface area contributed by atoms with Gasteiger partial charge in [0, 0.05) is 0 Å². The topological polar surface area (TPSA) is 0 Å². The van der Waals surface area contributed by atoms with Gasteiger partial charge in [-0.2, -0.15) is 0 Å². The fourth-order valence-corrected chi connectivity index (χ4v) is 11.9. The molecule has 278 valence electrons. The lowest BCUT2D eigenvalue weighted by Gasteiger charge is -2.24. The van der Waals surface area contributed by atoms with Gasteiger partial charge in [-0.05, 0) is 186 Å². The molecule has 0 bridgehead atoms. The van der Waals surface area contributed by atoms with Crippen molar-refractivity contribution < 1.29 is 0 Å². The molecule has 0 aliphatic heterocycles. The first kappa shape index (κ1) is 32.7. The highest BCUT2D eigenvalue weighted by Crippen LogP contribution is 2.53. The smallest absolute Gasteiger partial charge is 0.000763 e. The van der Waals surface area contributed by atoms with E-state index in [9.17, 15) is 0 Å². The minimum absolute atomic E-state index is 1.07. The summed E-state index contributed by atoms with van der Waals surface area (Å²) in [5.41, 5.74) is 16.6. The van der Waals surface area contributed by atoms with Crippen molar-refractivity contribution in [3.8, 4) is 44.5 Å². The first-order valence-corrected chi connectivity index (χ1v) is 21.6. The molecule has 11 aromatic rings. The van der Waals surface area contributed by atoms with Crippen LogP contribution in [0.15, 0.2) is 176 Å². The molecule has 0 saturated carbocycles. The Morgan fingerprint density at radius 2 is 0.867 bits per heavy atom. The van der Waals surface area contributed by atoms with Gasteiger partial charge < -0.3 is 0 Å². The van der Waals surface area contributed by atoms with E-state index in [1.165, 1.54) is 131 Å². The molecule has 0 saturated heterocycles. The lowest BCUT2D eigenvalue weighted by Crippen LogP contribution is -2.19. The molecule has 60 heavy (non-hydrogen) atoms. The summed E-state index contributed by atoms with van der Waals surface area (Å²) in [6.45, 7) is 0. The number of aryl methyl sites for hydroxylation is 2. The van der Waals surface area contributed by atoms with E-state index in [0.29, 0.717) is 0 Å². The van der Waals surface area contributed by atoms with Crippen LogP contribution in [-0.2, 0) is 12.8 Å². The van der Waals surface area contributed by atoms with Crippen LogP contribution in [0, 0.1) is 0 Å². The summed E-state index contributed by atoms with van der Waals surface area (Å²) in [5.74, 6) is 0. The van der Waals surface area contributed by atoms with Crippen LogP contribution >= 0.6 is 0 Å². The van der Waals surface area contributed by atoms with Gasteiger partial charge in [-0.25, -0.2) is 0 Å². The molecule has 14 rings (SSSR count). The number of rotatable bonds is 3. The Balaban J connectivity index is 1.19. The zero-order valence-electron chi connectivity index (χ0n) is 33.1. The molecule has 3 aliphatic rings. The molecule has 0 heterocycles. The average Bonchev–Trinajstić information content (AvgIpc) is 3.64. The van der Waals surface area contributed by atoms with Crippen molar-refractivity contribution in [1.82, 2.24) is 0 Å². The van der Waals surface area contributed by atoms with E-state index in [0.717, 1.165) is 25.7 Å². The Kier molecular flexibility index (Phi) is 6.60. The Bertz CT molecular complexity index is 3840. The number of fused-ring (bicyclic) bond motifs is 12. The molecule has 11 aromatic carbocycles. The SMILES string of the molecule is C1=c2cccc3c2c(c2c4c5c(ccc43)-c3cc4c(-c6ccccc6)c6c7ccccc7c7cc(-c8ccccc8)ccc7c6c(-c6ccccc6)c4cc3C=5CC2)CC1. The fourth-order valence-electron chi connectivity index (χ4n) is 11.9. The standard InChI is InChI=1S/C60H38/c1-4-14-35(15-5-1)39-26-27-48-49(32-39)40-22-10-11-23-41(40)59-55(37-16-6-2-7-17-37)52-33-50-46-30-28-44-42-24-12-20-36-21-13-25-43(54(36)42)45-29-31-47(58(46)57(44)45)51(50)34-53(52)56(60(48)59)38-18-8-3-9-19-38/h1-12,14-24,26-28,30,32-34H,13,25,29,31H2. The monoisotopic (exact) mass is 758 g/mol. The summed E-state index contributed by atoms with van der Waals surface area (Å²) in [5, 5.41) is 19.2. The van der Waals surface area contributed by atoms with Crippen molar-refractivity contribution >= 4 is 76.3 Å². The molecular formula is C60H38. The number of hydrogen-bond acceptors (Lipinski definition) is 0. The minimum Gasteiger partial charge on any atom is -0.0763 e. The summed E-state index contributed by atoms with van der Waals surface area (Å²) in [4.78, 5) is 0. The van der Waals surface area contributed by atoms with E-state index in [4.69, 9.17) is 0 Å². The quantitative estimate of drug-likeness (QED) is 0.124. The fraction of sp³-hybridized carbons (Fsp3) is 0.0667. The normalized spacial score (nSPS) is 13.8. The van der Waals surface area contributed by atoms with Crippen molar-refractivity contribution in [3.63, 3.8) is 0 Å². The summed E-state index contributed by atoms with van der Waals surface area (Å²) in [7, 11) is 0. The van der Waals surface area contributed by atoms with Gasteiger partial charge in [0.2, 0.25) is 0 Å². The maximum Gasteiger partial charge on any atom is -0.000763 e. The second kappa shape index (κ2) is 12.1. The van der Waals surface area contributed by atoms with Crippen molar-refractivity contribution in [2.75, 3.05) is 0 Å². The Labute approximate surface area is 348 Å². The summed E-state index contributed by atoms with van der Waals surface area (Å²) in [6, 6.07) is 66.7. The third-order valence-corrected chi connectivity index (χ3v) is 14.3. The van der Waals surface area contributed by atoms with Crippen LogP contribution in [0.3, 0.4) is 0 Å². The molecule has 0 heteroatoms. The highest BCUT2D eigenvalue weighted by molar-refractivity contribution is 6.37. The van der Waals surface area contributed by atoms with Crippen LogP contribution < -0.4 is 10.4 Å². The van der Waals surface area contributed by atoms with Crippen LogP contribution in [0.4, 0.5) is 0 Å². The van der Waals surface area contributed by atoms with Gasteiger partial charge in [-0.3, -0.25) is 0 Å². The van der Waals surface area contributed by atoms with Crippen molar-refractivity contribution in [2.24, 2.45) is 0 Å².